The molecule has 50 heavy (non-hydrogen) atoms. The van der Waals surface area contributed by atoms with Crippen molar-refractivity contribution in [1.82, 2.24) is 9.55 Å². The lowest BCUT2D eigenvalue weighted by Gasteiger charge is -2.42. The largest absolute Gasteiger partial charge is 0.457 e. The van der Waals surface area contributed by atoms with E-state index in [4.69, 9.17) is 9.72 Å². The summed E-state index contributed by atoms with van der Waals surface area (Å²) in [5.41, 5.74) is 14.0. The number of ether oxygens (including phenoxy) is 1. The standard InChI is InChI=1S/C45H32N4O/c1-47-27-48(40-20-9-8-19-39(40)47)28-11-10-12-29(25-28)50-30-21-22-32-31-13-6-7-18-38(31)49(41(32)26-30)45-44-37(23-24-46-45)42-33-14-2-4-16-35(33)43(44)36-17-5-3-15-34(36)42/h2-26,42-43H,27H2,1H3. The second-order valence-corrected chi connectivity index (χ2v) is 13.6. The van der Waals surface area contributed by atoms with Crippen molar-refractivity contribution in [3.05, 3.63) is 185 Å². The second kappa shape index (κ2) is 10.3. The molecule has 8 aromatic rings. The van der Waals surface area contributed by atoms with Crippen molar-refractivity contribution >= 4 is 38.9 Å². The smallest absolute Gasteiger partial charge is 0.142 e. The number of hydrogen-bond donors (Lipinski definition) is 0. The Morgan fingerprint density at radius 2 is 1.22 bits per heavy atom. The molecule has 5 nitrogen and oxygen atoms in total. The molecule has 12 rings (SSSR count). The maximum atomic E-state index is 6.67. The Morgan fingerprint density at radius 1 is 0.560 bits per heavy atom. The van der Waals surface area contributed by atoms with Gasteiger partial charge in [-0.3, -0.25) is 4.57 Å². The normalized spacial score (nSPS) is 16.7. The van der Waals surface area contributed by atoms with Gasteiger partial charge in [-0.2, -0.15) is 0 Å². The summed E-state index contributed by atoms with van der Waals surface area (Å²) >= 11 is 0. The summed E-state index contributed by atoms with van der Waals surface area (Å²) in [4.78, 5) is 9.81. The predicted molar refractivity (Wildman–Crippen MR) is 202 cm³/mol. The van der Waals surface area contributed by atoms with E-state index in [1.165, 1.54) is 55.5 Å². The van der Waals surface area contributed by atoms with Crippen molar-refractivity contribution in [2.24, 2.45) is 0 Å². The maximum Gasteiger partial charge on any atom is 0.142 e. The Labute approximate surface area is 290 Å². The first-order chi connectivity index (χ1) is 24.7. The molecule has 4 aliphatic rings. The lowest BCUT2D eigenvalue weighted by molar-refractivity contribution is 0.483. The van der Waals surface area contributed by atoms with Crippen LogP contribution in [0.2, 0.25) is 0 Å². The molecule has 0 fully saturated rings. The average molecular weight is 645 g/mol. The van der Waals surface area contributed by atoms with Crippen molar-refractivity contribution in [1.29, 1.82) is 0 Å². The summed E-state index contributed by atoms with van der Waals surface area (Å²) < 4.78 is 9.04. The van der Waals surface area contributed by atoms with Crippen molar-refractivity contribution in [3.8, 4) is 17.3 Å². The van der Waals surface area contributed by atoms with Crippen LogP contribution in [0, 0.1) is 0 Å². The number of hydrogen-bond acceptors (Lipinski definition) is 4. The highest BCUT2D eigenvalue weighted by molar-refractivity contribution is 6.09. The maximum absolute atomic E-state index is 6.67. The third-order valence-electron chi connectivity index (χ3n) is 11.0. The number of rotatable bonds is 4. The van der Waals surface area contributed by atoms with E-state index in [1.807, 2.05) is 12.3 Å². The number of benzene rings is 6. The van der Waals surface area contributed by atoms with Crippen molar-refractivity contribution < 1.29 is 4.74 Å². The molecule has 0 atom stereocenters. The van der Waals surface area contributed by atoms with E-state index < -0.39 is 0 Å². The molecule has 0 saturated heterocycles. The van der Waals surface area contributed by atoms with Gasteiger partial charge in [0.1, 0.15) is 17.3 Å². The lowest BCUT2D eigenvalue weighted by atomic mass is 9.61. The molecule has 0 amide bonds. The Balaban J connectivity index is 1.06. The number of aromatic nitrogens is 2. The molecule has 0 unspecified atom stereocenters. The summed E-state index contributed by atoms with van der Waals surface area (Å²) in [6, 6.07) is 52.3. The highest BCUT2D eigenvalue weighted by Crippen LogP contribution is 2.57. The van der Waals surface area contributed by atoms with E-state index in [1.54, 1.807) is 0 Å². The summed E-state index contributed by atoms with van der Waals surface area (Å²) in [7, 11) is 2.13. The van der Waals surface area contributed by atoms with Gasteiger partial charge in [0.05, 0.1) is 29.1 Å². The van der Waals surface area contributed by atoms with Crippen LogP contribution in [-0.2, 0) is 0 Å². The minimum atomic E-state index is 0.110. The Bertz CT molecular complexity index is 2630. The average Bonchev–Trinajstić information content (AvgIpc) is 3.68. The summed E-state index contributed by atoms with van der Waals surface area (Å²) in [5, 5.41) is 2.38. The van der Waals surface area contributed by atoms with E-state index in [-0.39, 0.29) is 11.8 Å². The molecular weight excluding hydrogens is 613 g/mol. The van der Waals surface area contributed by atoms with Crippen LogP contribution in [0.4, 0.5) is 17.1 Å². The lowest BCUT2D eigenvalue weighted by Crippen LogP contribution is -2.29. The molecule has 2 aromatic heterocycles. The van der Waals surface area contributed by atoms with E-state index >= 15 is 0 Å². The molecular formula is C45H32N4O. The van der Waals surface area contributed by atoms with Gasteiger partial charge in [0.25, 0.3) is 0 Å². The van der Waals surface area contributed by atoms with Crippen molar-refractivity contribution in [3.63, 3.8) is 0 Å². The molecule has 0 radical (unpaired) electrons. The second-order valence-electron chi connectivity index (χ2n) is 13.6. The number of para-hydroxylation sites is 3. The fourth-order valence-corrected chi connectivity index (χ4v) is 8.95. The monoisotopic (exact) mass is 644 g/mol. The van der Waals surface area contributed by atoms with Gasteiger partial charge in [0.15, 0.2) is 0 Å². The molecule has 6 aromatic carbocycles. The summed E-state index contributed by atoms with van der Waals surface area (Å²) in [6.07, 6.45) is 2.00. The third kappa shape index (κ3) is 3.80. The van der Waals surface area contributed by atoms with Gasteiger partial charge in [0.2, 0.25) is 0 Å². The zero-order chi connectivity index (χ0) is 32.9. The first kappa shape index (κ1) is 27.6. The molecule has 0 spiro atoms. The number of fused-ring (bicyclic) bond motifs is 4. The summed E-state index contributed by atoms with van der Waals surface area (Å²) in [5.74, 6) is 2.88. The van der Waals surface area contributed by atoms with E-state index in [0.717, 1.165) is 40.7 Å². The third-order valence-corrected chi connectivity index (χ3v) is 11.0. The Kier molecular flexibility index (Phi) is 5.71. The molecule has 238 valence electrons. The molecule has 0 saturated carbocycles. The fraction of sp³-hybridized carbons (Fsp3) is 0.0889. The Hall–Kier alpha value is -6.33. The highest BCUT2D eigenvalue weighted by atomic mass is 16.5. The van der Waals surface area contributed by atoms with Crippen molar-refractivity contribution in [2.75, 3.05) is 23.5 Å². The van der Waals surface area contributed by atoms with Gasteiger partial charge in [-0.1, -0.05) is 84.9 Å². The molecule has 2 bridgehead atoms. The van der Waals surface area contributed by atoms with E-state index in [2.05, 4.69) is 161 Å². The van der Waals surface area contributed by atoms with Crippen LogP contribution in [0.15, 0.2) is 152 Å². The van der Waals surface area contributed by atoms with E-state index in [0.29, 0.717) is 0 Å². The van der Waals surface area contributed by atoms with Crippen LogP contribution < -0.4 is 14.5 Å². The predicted octanol–water partition coefficient (Wildman–Crippen LogP) is 10.5. The van der Waals surface area contributed by atoms with Gasteiger partial charge >= 0.3 is 0 Å². The molecule has 3 aliphatic carbocycles. The quantitative estimate of drug-likeness (QED) is 0.191. The van der Waals surface area contributed by atoms with E-state index in [9.17, 15) is 0 Å². The van der Waals surface area contributed by atoms with Crippen LogP contribution >= 0.6 is 0 Å². The molecule has 1 aliphatic heterocycles. The minimum absolute atomic E-state index is 0.110. The van der Waals surface area contributed by atoms with Crippen LogP contribution in [0.5, 0.6) is 11.5 Å². The number of anilines is 3. The fourth-order valence-electron chi connectivity index (χ4n) is 8.95. The van der Waals surface area contributed by atoms with Crippen LogP contribution in [-0.4, -0.2) is 23.3 Å². The zero-order valence-electron chi connectivity index (χ0n) is 27.5. The Morgan fingerprint density at radius 3 is 2.02 bits per heavy atom. The summed E-state index contributed by atoms with van der Waals surface area (Å²) in [6.45, 7) is 0.792. The zero-order valence-corrected chi connectivity index (χ0v) is 27.5. The number of nitrogens with zero attached hydrogens (tertiary/aromatic N) is 4. The highest BCUT2D eigenvalue weighted by Gasteiger charge is 2.43. The van der Waals surface area contributed by atoms with Gasteiger partial charge in [0, 0.05) is 59.2 Å². The number of pyridine rings is 1. The molecule has 5 heteroatoms. The molecule has 3 heterocycles. The van der Waals surface area contributed by atoms with Gasteiger partial charge < -0.3 is 14.5 Å². The van der Waals surface area contributed by atoms with Crippen molar-refractivity contribution in [2.45, 2.75) is 11.8 Å². The molecule has 0 N–H and O–H groups in total. The van der Waals surface area contributed by atoms with Gasteiger partial charge in [-0.25, -0.2) is 4.98 Å². The van der Waals surface area contributed by atoms with Gasteiger partial charge in [-0.15, -0.1) is 0 Å². The topological polar surface area (TPSA) is 33.5 Å². The van der Waals surface area contributed by atoms with Gasteiger partial charge in [-0.05, 0) is 76.3 Å². The minimum Gasteiger partial charge on any atom is -0.457 e. The van der Waals surface area contributed by atoms with Crippen LogP contribution in [0.25, 0.3) is 27.6 Å². The first-order valence-electron chi connectivity index (χ1n) is 17.3. The van der Waals surface area contributed by atoms with Crippen LogP contribution in [0.1, 0.15) is 45.2 Å². The SMILES string of the molecule is CN1CN(c2cccc(Oc3ccc4c5ccccc5n(-c5nccc6c5C5c7ccccc7C6c6ccccc65)c4c3)c2)c2ccccc21. The first-order valence-corrected chi connectivity index (χ1v) is 17.3. The van der Waals surface area contributed by atoms with Crippen LogP contribution in [0.3, 0.4) is 0 Å².